The topological polar surface area (TPSA) is 67.8 Å². The van der Waals surface area contributed by atoms with Crippen LogP contribution in [-0.4, -0.2) is 30.5 Å². The Kier molecular flexibility index (Phi) is 8.14. The van der Waals surface area contributed by atoms with Crippen LogP contribution in [0.2, 0.25) is 0 Å². The molecule has 3 atom stereocenters. The van der Waals surface area contributed by atoms with Gasteiger partial charge in [-0.3, -0.25) is 4.79 Å². The fraction of sp³-hybridized carbons (Fsp3) is 0.375. The van der Waals surface area contributed by atoms with Gasteiger partial charge in [-0.15, -0.1) is 0 Å². The van der Waals surface area contributed by atoms with Gasteiger partial charge in [-0.2, -0.15) is 0 Å². The first-order valence-electron chi connectivity index (χ1n) is 10.4. The van der Waals surface area contributed by atoms with Crippen LogP contribution in [0.4, 0.5) is 8.78 Å². The van der Waals surface area contributed by atoms with Crippen LogP contribution in [0, 0.1) is 17.6 Å². The molecule has 2 aromatic rings. The quantitative estimate of drug-likeness (QED) is 0.629. The van der Waals surface area contributed by atoms with E-state index in [-0.39, 0.29) is 42.4 Å². The zero-order valence-corrected chi connectivity index (χ0v) is 17.4. The lowest BCUT2D eigenvalue weighted by Gasteiger charge is -2.37. The molecule has 1 aliphatic heterocycles. The van der Waals surface area contributed by atoms with Crippen LogP contribution in [0.5, 0.6) is 0 Å². The Morgan fingerprint density at radius 2 is 1.74 bits per heavy atom. The number of rotatable bonds is 9. The lowest BCUT2D eigenvalue weighted by molar-refractivity contribution is -0.166. The van der Waals surface area contributed by atoms with Crippen LogP contribution in [0.3, 0.4) is 0 Å². The van der Waals surface area contributed by atoms with Crippen LogP contribution in [0.15, 0.2) is 60.4 Å². The molecular weight excluding hydrogens is 404 g/mol. The normalized spacial score (nSPS) is 20.6. The largest absolute Gasteiger partial charge is 0.459 e. The summed E-state index contributed by atoms with van der Waals surface area (Å²) in [6.45, 7) is 2.47. The number of carbonyl (C=O) groups is 1. The van der Waals surface area contributed by atoms with Gasteiger partial charge in [0.2, 0.25) is 6.29 Å². The van der Waals surface area contributed by atoms with Crippen molar-refractivity contribution < 1.29 is 28.2 Å². The second-order valence-electron chi connectivity index (χ2n) is 7.39. The highest BCUT2D eigenvalue weighted by molar-refractivity contribution is 5.91. The molecule has 1 heterocycles. The van der Waals surface area contributed by atoms with E-state index >= 15 is 0 Å². The molecule has 0 aromatic heterocycles. The fourth-order valence-corrected chi connectivity index (χ4v) is 3.70. The summed E-state index contributed by atoms with van der Waals surface area (Å²) in [5.41, 5.74) is 1.59. The second-order valence-corrected chi connectivity index (χ2v) is 7.39. The molecular formula is C24H27F2NO4. The number of nitrogens with one attached hydrogen (secondary N) is 1. The van der Waals surface area contributed by atoms with Gasteiger partial charge in [-0.05, 0) is 61.2 Å². The van der Waals surface area contributed by atoms with Crippen LogP contribution in [0.1, 0.15) is 36.8 Å². The molecule has 166 valence electrons. The third kappa shape index (κ3) is 6.12. The Morgan fingerprint density at radius 3 is 2.35 bits per heavy atom. The molecule has 0 spiro atoms. The van der Waals surface area contributed by atoms with Gasteiger partial charge in [-0.25, -0.2) is 8.78 Å². The van der Waals surface area contributed by atoms with Crippen molar-refractivity contribution in [2.24, 2.45) is 5.92 Å². The number of aliphatic hydroxyl groups is 1. The Hall–Kier alpha value is -2.77. The van der Waals surface area contributed by atoms with Crippen LogP contribution >= 0.6 is 0 Å². The third-order valence-electron chi connectivity index (χ3n) is 5.26. The minimum atomic E-state index is -0.678. The summed E-state index contributed by atoms with van der Waals surface area (Å²) in [4.78, 5) is 12.8. The highest BCUT2D eigenvalue weighted by atomic mass is 19.1. The van der Waals surface area contributed by atoms with Gasteiger partial charge < -0.3 is 19.9 Å². The van der Waals surface area contributed by atoms with Gasteiger partial charge in [0.15, 0.2) is 5.76 Å². The van der Waals surface area contributed by atoms with Gasteiger partial charge in [0.25, 0.3) is 5.91 Å². The van der Waals surface area contributed by atoms with Gasteiger partial charge in [-0.1, -0.05) is 24.3 Å². The first kappa shape index (κ1) is 22.9. The number of hydrogen-bond donors (Lipinski definition) is 2. The Morgan fingerprint density at radius 1 is 1.10 bits per heavy atom. The SMILES string of the molecule is CCO[C@@H]1OC(C(=O)NCc2ccc(F)cc2)=C[C@H](c2ccc(F)cc2)[C@@H]1CCCO. The van der Waals surface area contributed by atoms with Crippen LogP contribution in [0.25, 0.3) is 0 Å². The maximum atomic E-state index is 13.5. The van der Waals surface area contributed by atoms with Crippen molar-refractivity contribution in [2.75, 3.05) is 13.2 Å². The Balaban J connectivity index is 1.83. The van der Waals surface area contributed by atoms with E-state index in [1.165, 1.54) is 24.3 Å². The molecule has 5 nitrogen and oxygen atoms in total. The second kappa shape index (κ2) is 11.0. The van der Waals surface area contributed by atoms with E-state index in [2.05, 4.69) is 5.32 Å². The number of ether oxygens (including phenoxy) is 2. The molecule has 0 radical (unpaired) electrons. The smallest absolute Gasteiger partial charge is 0.286 e. The monoisotopic (exact) mass is 431 g/mol. The van der Waals surface area contributed by atoms with E-state index in [1.54, 1.807) is 30.3 Å². The molecule has 0 bridgehead atoms. The number of halogens is 2. The van der Waals surface area contributed by atoms with Crippen molar-refractivity contribution >= 4 is 5.91 Å². The fourth-order valence-electron chi connectivity index (χ4n) is 3.70. The number of hydrogen-bond acceptors (Lipinski definition) is 4. The zero-order valence-electron chi connectivity index (χ0n) is 17.4. The van der Waals surface area contributed by atoms with Crippen molar-refractivity contribution in [1.82, 2.24) is 5.32 Å². The van der Waals surface area contributed by atoms with Crippen molar-refractivity contribution in [3.05, 3.63) is 83.1 Å². The van der Waals surface area contributed by atoms with E-state index < -0.39 is 12.2 Å². The van der Waals surface area contributed by atoms with E-state index in [1.807, 2.05) is 6.92 Å². The summed E-state index contributed by atoms with van der Waals surface area (Å²) in [7, 11) is 0. The Bertz CT molecular complexity index is 883. The third-order valence-corrected chi connectivity index (χ3v) is 5.26. The first-order valence-corrected chi connectivity index (χ1v) is 10.4. The average Bonchev–Trinajstić information content (AvgIpc) is 2.78. The van der Waals surface area contributed by atoms with Crippen molar-refractivity contribution in [2.45, 2.75) is 38.5 Å². The zero-order chi connectivity index (χ0) is 22.2. The van der Waals surface area contributed by atoms with Crippen molar-refractivity contribution in [3.63, 3.8) is 0 Å². The molecule has 3 rings (SSSR count). The minimum absolute atomic E-state index is 0.0280. The number of benzene rings is 2. The maximum absolute atomic E-state index is 13.5. The van der Waals surface area contributed by atoms with E-state index in [0.717, 1.165) is 11.1 Å². The molecule has 0 saturated heterocycles. The van der Waals surface area contributed by atoms with Gasteiger partial charge in [0.1, 0.15) is 11.6 Å². The van der Waals surface area contributed by atoms with E-state index in [4.69, 9.17) is 9.47 Å². The maximum Gasteiger partial charge on any atom is 0.286 e. The summed E-state index contributed by atoms with van der Waals surface area (Å²) in [6, 6.07) is 12.0. The molecule has 1 amide bonds. The molecule has 1 aliphatic rings. The molecule has 0 unspecified atom stereocenters. The number of amides is 1. The van der Waals surface area contributed by atoms with Crippen LogP contribution < -0.4 is 5.32 Å². The van der Waals surface area contributed by atoms with E-state index in [0.29, 0.717) is 19.4 Å². The molecule has 2 aromatic carbocycles. The van der Waals surface area contributed by atoms with Gasteiger partial charge in [0.05, 0.1) is 0 Å². The molecule has 2 N–H and O–H groups in total. The summed E-state index contributed by atoms with van der Waals surface area (Å²) in [5, 5.41) is 12.1. The molecule has 0 saturated carbocycles. The number of allylic oxidation sites excluding steroid dienone is 1. The average molecular weight is 431 g/mol. The predicted molar refractivity (Wildman–Crippen MR) is 112 cm³/mol. The lowest BCUT2D eigenvalue weighted by atomic mass is 9.80. The van der Waals surface area contributed by atoms with Crippen LogP contribution in [-0.2, 0) is 20.8 Å². The standard InChI is InChI=1S/C24H27F2NO4/c1-2-30-24-20(4-3-13-28)21(17-7-11-19(26)12-8-17)14-22(31-24)23(29)27-15-16-5-9-18(25)10-6-16/h5-12,14,20-21,24,28H,2-4,13,15H2,1H3,(H,27,29)/t20-,21+,24+/m0/s1. The predicted octanol–water partition coefficient (Wildman–Crippen LogP) is 4.03. The highest BCUT2D eigenvalue weighted by Gasteiger charge is 2.37. The van der Waals surface area contributed by atoms with Crippen molar-refractivity contribution in [3.8, 4) is 0 Å². The lowest BCUT2D eigenvalue weighted by Crippen LogP contribution is -2.39. The Labute approximate surface area is 180 Å². The summed E-state index contributed by atoms with van der Waals surface area (Å²) in [6.07, 6.45) is 2.22. The molecule has 0 aliphatic carbocycles. The van der Waals surface area contributed by atoms with Crippen molar-refractivity contribution in [1.29, 1.82) is 0 Å². The number of carbonyl (C=O) groups excluding carboxylic acids is 1. The molecule has 31 heavy (non-hydrogen) atoms. The van der Waals surface area contributed by atoms with E-state index in [9.17, 15) is 18.7 Å². The molecule has 7 heteroatoms. The van der Waals surface area contributed by atoms with Gasteiger partial charge >= 0.3 is 0 Å². The summed E-state index contributed by atoms with van der Waals surface area (Å²) in [5.74, 6) is -1.37. The minimum Gasteiger partial charge on any atom is -0.459 e. The summed E-state index contributed by atoms with van der Waals surface area (Å²) >= 11 is 0. The molecule has 0 fully saturated rings. The number of aliphatic hydroxyl groups excluding tert-OH is 1. The first-order chi connectivity index (χ1) is 15.0. The summed E-state index contributed by atoms with van der Waals surface area (Å²) < 4.78 is 38.2. The highest BCUT2D eigenvalue weighted by Crippen LogP contribution is 2.39. The van der Waals surface area contributed by atoms with Gasteiger partial charge in [0, 0.05) is 31.6 Å².